The number of para-hydroxylation sites is 1. The topological polar surface area (TPSA) is 25.2 Å². The van der Waals surface area contributed by atoms with E-state index in [1.54, 1.807) is 0 Å². The highest BCUT2D eigenvalue weighted by Crippen LogP contribution is 2.37. The monoisotopic (exact) mass is 311 g/mol. The maximum Gasteiger partial charge on any atom is 0.0919 e. The zero-order valence-corrected chi connectivity index (χ0v) is 14.0. The second-order valence-corrected chi connectivity index (χ2v) is 8.23. The molecule has 0 unspecified atom stereocenters. The molecule has 0 atom stereocenters. The Morgan fingerprint density at radius 1 is 0.955 bits per heavy atom. The Morgan fingerprint density at radius 3 is 2.27 bits per heavy atom. The SMILES string of the molecule is CC(C)(C)SCc1c(-c2ccccc2)n(O)c2ccccc12. The summed E-state index contributed by atoms with van der Waals surface area (Å²) in [5.74, 6) is 0.877. The molecule has 0 saturated carbocycles. The van der Waals surface area contributed by atoms with Crippen molar-refractivity contribution in [1.29, 1.82) is 0 Å². The number of aromatic nitrogens is 1. The van der Waals surface area contributed by atoms with E-state index in [0.29, 0.717) is 0 Å². The summed E-state index contributed by atoms with van der Waals surface area (Å²) in [5.41, 5.74) is 4.01. The first-order valence-electron chi connectivity index (χ1n) is 7.48. The Hall–Kier alpha value is -1.87. The number of hydrogen-bond acceptors (Lipinski definition) is 2. The third-order valence-electron chi connectivity index (χ3n) is 3.65. The van der Waals surface area contributed by atoms with Gasteiger partial charge < -0.3 is 5.21 Å². The van der Waals surface area contributed by atoms with E-state index in [4.69, 9.17) is 0 Å². The molecule has 0 radical (unpaired) electrons. The van der Waals surface area contributed by atoms with Crippen LogP contribution in [0.15, 0.2) is 54.6 Å². The molecule has 114 valence electrons. The molecule has 22 heavy (non-hydrogen) atoms. The van der Waals surface area contributed by atoms with Gasteiger partial charge in [-0.25, -0.2) is 0 Å². The fourth-order valence-electron chi connectivity index (χ4n) is 2.62. The van der Waals surface area contributed by atoms with Gasteiger partial charge in [0.05, 0.1) is 11.2 Å². The molecule has 0 spiro atoms. The molecule has 1 heterocycles. The lowest BCUT2D eigenvalue weighted by molar-refractivity contribution is 0.204. The van der Waals surface area contributed by atoms with Crippen LogP contribution in [0.3, 0.4) is 0 Å². The van der Waals surface area contributed by atoms with Gasteiger partial charge in [0.15, 0.2) is 0 Å². The van der Waals surface area contributed by atoms with Crippen LogP contribution in [0.1, 0.15) is 26.3 Å². The summed E-state index contributed by atoms with van der Waals surface area (Å²) >= 11 is 1.90. The standard InChI is InChI=1S/C19H21NOS/c1-19(2,3)22-13-16-15-11-7-8-12-17(15)20(21)18(16)14-9-5-4-6-10-14/h4-12,21H,13H2,1-3H3. The fourth-order valence-corrected chi connectivity index (χ4v) is 3.49. The van der Waals surface area contributed by atoms with Gasteiger partial charge in [-0.15, -0.1) is 0 Å². The number of hydrogen-bond donors (Lipinski definition) is 1. The van der Waals surface area contributed by atoms with Crippen molar-refractivity contribution < 1.29 is 5.21 Å². The third-order valence-corrected chi connectivity index (χ3v) is 4.95. The molecule has 0 aliphatic rings. The summed E-state index contributed by atoms with van der Waals surface area (Å²) in [7, 11) is 0. The number of nitrogens with zero attached hydrogens (tertiary/aromatic N) is 1. The predicted octanol–water partition coefficient (Wildman–Crippen LogP) is 5.58. The van der Waals surface area contributed by atoms with Crippen LogP contribution in [0.25, 0.3) is 22.2 Å². The highest BCUT2D eigenvalue weighted by Gasteiger charge is 2.20. The van der Waals surface area contributed by atoms with E-state index in [9.17, 15) is 5.21 Å². The van der Waals surface area contributed by atoms with Crippen molar-refractivity contribution >= 4 is 22.7 Å². The summed E-state index contributed by atoms with van der Waals surface area (Å²) in [6.45, 7) is 6.66. The Balaban J connectivity index is 2.19. The van der Waals surface area contributed by atoms with Crippen molar-refractivity contribution in [3.05, 3.63) is 60.2 Å². The molecule has 3 heteroatoms. The smallest absolute Gasteiger partial charge is 0.0919 e. The van der Waals surface area contributed by atoms with Crippen molar-refractivity contribution in [3.8, 4) is 11.3 Å². The maximum atomic E-state index is 10.7. The summed E-state index contributed by atoms with van der Waals surface area (Å²) in [6.07, 6.45) is 0. The first-order valence-corrected chi connectivity index (χ1v) is 8.47. The van der Waals surface area contributed by atoms with Gasteiger partial charge in [-0.2, -0.15) is 16.5 Å². The molecule has 1 N–H and O–H groups in total. The van der Waals surface area contributed by atoms with E-state index < -0.39 is 0 Å². The molecule has 0 fully saturated rings. The molecule has 2 aromatic carbocycles. The van der Waals surface area contributed by atoms with E-state index in [1.807, 2.05) is 60.3 Å². The van der Waals surface area contributed by atoms with Gasteiger partial charge >= 0.3 is 0 Å². The Bertz CT molecular complexity index is 784. The number of fused-ring (bicyclic) bond motifs is 1. The van der Waals surface area contributed by atoms with Crippen LogP contribution < -0.4 is 0 Å². The Labute approximate surface area is 135 Å². The van der Waals surface area contributed by atoms with Crippen molar-refractivity contribution in [2.75, 3.05) is 0 Å². The summed E-state index contributed by atoms with van der Waals surface area (Å²) in [4.78, 5) is 0. The van der Waals surface area contributed by atoms with E-state index in [0.717, 1.165) is 27.9 Å². The highest BCUT2D eigenvalue weighted by atomic mass is 32.2. The molecule has 0 bridgehead atoms. The number of rotatable bonds is 3. The van der Waals surface area contributed by atoms with Gasteiger partial charge in [-0.3, -0.25) is 0 Å². The summed E-state index contributed by atoms with van der Waals surface area (Å²) in [6, 6.07) is 18.2. The zero-order chi connectivity index (χ0) is 15.7. The van der Waals surface area contributed by atoms with Crippen molar-refractivity contribution in [2.45, 2.75) is 31.3 Å². The molecule has 0 aliphatic heterocycles. The molecule has 0 aliphatic carbocycles. The van der Waals surface area contributed by atoms with Gasteiger partial charge in [0.25, 0.3) is 0 Å². The normalized spacial score (nSPS) is 12.0. The Kier molecular flexibility index (Phi) is 3.92. The lowest BCUT2D eigenvalue weighted by Crippen LogP contribution is -2.07. The largest absolute Gasteiger partial charge is 0.428 e. The van der Waals surface area contributed by atoms with Gasteiger partial charge in [0.1, 0.15) is 0 Å². The highest BCUT2D eigenvalue weighted by molar-refractivity contribution is 7.99. The lowest BCUT2D eigenvalue weighted by atomic mass is 10.1. The van der Waals surface area contributed by atoms with E-state index >= 15 is 0 Å². The van der Waals surface area contributed by atoms with E-state index in [1.165, 1.54) is 10.3 Å². The molecule has 2 nitrogen and oxygen atoms in total. The van der Waals surface area contributed by atoms with Crippen LogP contribution in [0.4, 0.5) is 0 Å². The van der Waals surface area contributed by atoms with Crippen LogP contribution in [0, 0.1) is 0 Å². The van der Waals surface area contributed by atoms with Gasteiger partial charge in [-0.05, 0) is 11.6 Å². The fraction of sp³-hybridized carbons (Fsp3) is 0.263. The van der Waals surface area contributed by atoms with E-state index in [2.05, 4.69) is 26.8 Å². The molecule has 3 rings (SSSR count). The number of thioether (sulfide) groups is 1. The summed E-state index contributed by atoms with van der Waals surface area (Å²) in [5, 5.41) is 11.8. The molecule has 0 saturated heterocycles. The predicted molar refractivity (Wildman–Crippen MR) is 95.6 cm³/mol. The Morgan fingerprint density at radius 2 is 1.59 bits per heavy atom. The van der Waals surface area contributed by atoms with Gasteiger partial charge in [-0.1, -0.05) is 69.3 Å². The van der Waals surface area contributed by atoms with E-state index in [-0.39, 0.29) is 4.75 Å². The first kappa shape index (κ1) is 15.0. The van der Waals surface area contributed by atoms with Crippen molar-refractivity contribution in [2.24, 2.45) is 0 Å². The van der Waals surface area contributed by atoms with Crippen LogP contribution in [0.2, 0.25) is 0 Å². The minimum Gasteiger partial charge on any atom is -0.428 e. The second-order valence-electron chi connectivity index (χ2n) is 6.42. The average Bonchev–Trinajstić information content (AvgIpc) is 2.78. The minimum atomic E-state index is 0.187. The van der Waals surface area contributed by atoms with Crippen molar-refractivity contribution in [1.82, 2.24) is 4.73 Å². The molecule has 0 amide bonds. The molecular weight excluding hydrogens is 290 g/mol. The van der Waals surface area contributed by atoms with Crippen molar-refractivity contribution in [3.63, 3.8) is 0 Å². The maximum absolute atomic E-state index is 10.7. The molecular formula is C19H21NOS. The quantitative estimate of drug-likeness (QED) is 0.639. The minimum absolute atomic E-state index is 0.187. The molecule has 1 aromatic heterocycles. The first-order chi connectivity index (χ1) is 10.5. The average molecular weight is 311 g/mol. The number of benzene rings is 2. The van der Waals surface area contributed by atoms with Crippen LogP contribution in [0.5, 0.6) is 0 Å². The summed E-state index contributed by atoms with van der Waals surface area (Å²) < 4.78 is 1.52. The second kappa shape index (κ2) is 5.73. The van der Waals surface area contributed by atoms with Crippen LogP contribution >= 0.6 is 11.8 Å². The van der Waals surface area contributed by atoms with Gasteiger partial charge in [0.2, 0.25) is 0 Å². The zero-order valence-electron chi connectivity index (χ0n) is 13.2. The lowest BCUT2D eigenvalue weighted by Gasteiger charge is -2.18. The van der Waals surface area contributed by atoms with Crippen LogP contribution in [-0.2, 0) is 5.75 Å². The van der Waals surface area contributed by atoms with Crippen LogP contribution in [-0.4, -0.2) is 14.7 Å². The third kappa shape index (κ3) is 2.86. The van der Waals surface area contributed by atoms with Gasteiger partial charge in [0, 0.05) is 21.4 Å². The molecule has 3 aromatic rings.